The molecular formula is C16H22N4O. The number of piperidine rings is 1. The topological polar surface area (TPSA) is 51.9 Å². The van der Waals surface area contributed by atoms with Gasteiger partial charge in [0, 0.05) is 19.5 Å². The van der Waals surface area contributed by atoms with Gasteiger partial charge in [-0.15, -0.1) is 0 Å². The van der Waals surface area contributed by atoms with Crippen molar-refractivity contribution in [1.82, 2.24) is 19.7 Å². The van der Waals surface area contributed by atoms with E-state index in [0.29, 0.717) is 12.5 Å². The maximum Gasteiger partial charge on any atom is 0.345 e. The fraction of sp³-hybridized carbons (Fsp3) is 0.500. The quantitative estimate of drug-likeness (QED) is 0.921. The lowest BCUT2D eigenvalue weighted by molar-refractivity contribution is 0.427. The van der Waals surface area contributed by atoms with Crippen molar-refractivity contribution in [3.63, 3.8) is 0 Å². The van der Waals surface area contributed by atoms with Crippen LogP contribution in [-0.2, 0) is 20.0 Å². The van der Waals surface area contributed by atoms with Crippen molar-refractivity contribution in [2.75, 3.05) is 13.1 Å². The number of benzene rings is 1. The highest BCUT2D eigenvalue weighted by Gasteiger charge is 2.22. The van der Waals surface area contributed by atoms with Gasteiger partial charge in [-0.25, -0.2) is 9.48 Å². The Labute approximate surface area is 124 Å². The van der Waals surface area contributed by atoms with Crippen LogP contribution >= 0.6 is 0 Å². The molecule has 0 amide bonds. The fourth-order valence-electron chi connectivity index (χ4n) is 3.00. The summed E-state index contributed by atoms with van der Waals surface area (Å²) < 4.78 is 3.34. The van der Waals surface area contributed by atoms with Gasteiger partial charge in [-0.1, -0.05) is 30.3 Å². The highest BCUT2D eigenvalue weighted by atomic mass is 16.2. The number of rotatable bonds is 4. The van der Waals surface area contributed by atoms with Gasteiger partial charge < -0.3 is 5.32 Å². The minimum absolute atomic E-state index is 0.000497. The molecule has 0 aliphatic carbocycles. The van der Waals surface area contributed by atoms with E-state index in [1.54, 1.807) is 7.05 Å². The van der Waals surface area contributed by atoms with Crippen molar-refractivity contribution in [2.24, 2.45) is 7.05 Å². The van der Waals surface area contributed by atoms with Crippen molar-refractivity contribution in [3.05, 3.63) is 52.2 Å². The predicted molar refractivity (Wildman–Crippen MR) is 82.5 cm³/mol. The second-order valence-electron chi connectivity index (χ2n) is 5.68. The first-order valence-corrected chi connectivity index (χ1v) is 7.64. The lowest BCUT2D eigenvalue weighted by atomic mass is 9.97. The maximum atomic E-state index is 12.3. The number of nitrogens with one attached hydrogen (secondary N) is 1. The van der Waals surface area contributed by atoms with Gasteiger partial charge in [0.05, 0.1) is 0 Å². The summed E-state index contributed by atoms with van der Waals surface area (Å²) in [5, 5.41) is 7.85. The number of hydrogen-bond acceptors (Lipinski definition) is 3. The van der Waals surface area contributed by atoms with Gasteiger partial charge in [0.2, 0.25) is 0 Å². The third-order valence-corrected chi connectivity index (χ3v) is 4.21. The molecule has 1 N–H and O–H groups in total. The minimum Gasteiger partial charge on any atom is -0.317 e. The Bertz CT molecular complexity index is 638. The van der Waals surface area contributed by atoms with E-state index < -0.39 is 0 Å². The van der Waals surface area contributed by atoms with Gasteiger partial charge in [-0.3, -0.25) is 4.57 Å². The summed E-state index contributed by atoms with van der Waals surface area (Å²) in [4.78, 5) is 12.3. The molecule has 21 heavy (non-hydrogen) atoms. The lowest BCUT2D eigenvalue weighted by Gasteiger charge is -2.22. The van der Waals surface area contributed by atoms with E-state index >= 15 is 0 Å². The molecule has 1 aromatic heterocycles. The summed E-state index contributed by atoms with van der Waals surface area (Å²) in [6, 6.07) is 10.3. The van der Waals surface area contributed by atoms with Crippen LogP contribution in [0, 0.1) is 0 Å². The van der Waals surface area contributed by atoms with Gasteiger partial charge >= 0.3 is 5.69 Å². The lowest BCUT2D eigenvalue weighted by Crippen LogP contribution is -2.30. The normalized spacial score (nSPS) is 16.2. The van der Waals surface area contributed by atoms with Crippen LogP contribution in [0.3, 0.4) is 0 Å². The average molecular weight is 286 g/mol. The maximum absolute atomic E-state index is 12.3. The van der Waals surface area contributed by atoms with Gasteiger partial charge in [0.1, 0.15) is 5.82 Å². The molecule has 112 valence electrons. The van der Waals surface area contributed by atoms with Crippen molar-refractivity contribution in [3.8, 4) is 0 Å². The van der Waals surface area contributed by atoms with Crippen molar-refractivity contribution >= 4 is 0 Å². The molecule has 1 saturated heterocycles. The Hall–Kier alpha value is -1.88. The molecular weight excluding hydrogens is 264 g/mol. The van der Waals surface area contributed by atoms with Crippen LogP contribution in [-0.4, -0.2) is 27.4 Å². The Morgan fingerprint density at radius 2 is 1.95 bits per heavy atom. The zero-order valence-electron chi connectivity index (χ0n) is 12.5. The van der Waals surface area contributed by atoms with Crippen LogP contribution < -0.4 is 11.0 Å². The van der Waals surface area contributed by atoms with Gasteiger partial charge in [-0.05, 0) is 37.9 Å². The van der Waals surface area contributed by atoms with Crippen molar-refractivity contribution in [2.45, 2.75) is 31.7 Å². The monoisotopic (exact) mass is 286 g/mol. The molecule has 1 aliphatic rings. The molecule has 0 radical (unpaired) electrons. The molecule has 5 heteroatoms. The van der Waals surface area contributed by atoms with E-state index in [2.05, 4.69) is 22.5 Å². The van der Waals surface area contributed by atoms with E-state index in [0.717, 1.165) is 38.2 Å². The van der Waals surface area contributed by atoms with Crippen molar-refractivity contribution in [1.29, 1.82) is 0 Å². The molecule has 5 nitrogen and oxygen atoms in total. The zero-order chi connectivity index (χ0) is 14.7. The number of nitrogens with zero attached hydrogens (tertiary/aromatic N) is 3. The molecule has 0 spiro atoms. The molecule has 2 aromatic rings. The summed E-state index contributed by atoms with van der Waals surface area (Å²) in [5.74, 6) is 1.36. The van der Waals surface area contributed by atoms with Gasteiger partial charge in [-0.2, -0.15) is 5.10 Å². The van der Waals surface area contributed by atoms with Gasteiger partial charge in [0.15, 0.2) is 0 Å². The predicted octanol–water partition coefficient (Wildman–Crippen LogP) is 1.29. The molecule has 0 bridgehead atoms. The number of aryl methyl sites for hydroxylation is 2. The molecule has 0 saturated carbocycles. The van der Waals surface area contributed by atoms with Crippen LogP contribution in [0.4, 0.5) is 0 Å². The highest BCUT2D eigenvalue weighted by Crippen LogP contribution is 2.22. The van der Waals surface area contributed by atoms with E-state index in [-0.39, 0.29) is 5.69 Å². The second-order valence-corrected chi connectivity index (χ2v) is 5.68. The van der Waals surface area contributed by atoms with Crippen LogP contribution in [0.25, 0.3) is 0 Å². The molecule has 2 heterocycles. The first-order valence-electron chi connectivity index (χ1n) is 7.64. The summed E-state index contributed by atoms with van der Waals surface area (Å²) >= 11 is 0. The third-order valence-electron chi connectivity index (χ3n) is 4.21. The average Bonchev–Trinajstić information content (AvgIpc) is 2.82. The van der Waals surface area contributed by atoms with E-state index in [1.807, 2.05) is 22.8 Å². The van der Waals surface area contributed by atoms with Crippen molar-refractivity contribution < 1.29 is 0 Å². The minimum atomic E-state index is -0.000497. The molecule has 1 aliphatic heterocycles. The molecule has 1 fully saturated rings. The molecule has 0 unspecified atom stereocenters. The smallest absolute Gasteiger partial charge is 0.317 e. The summed E-state index contributed by atoms with van der Waals surface area (Å²) in [6.07, 6.45) is 2.98. The van der Waals surface area contributed by atoms with Crippen LogP contribution in [0.5, 0.6) is 0 Å². The van der Waals surface area contributed by atoms with Crippen LogP contribution in [0.15, 0.2) is 35.1 Å². The van der Waals surface area contributed by atoms with E-state index in [1.165, 1.54) is 10.2 Å². The summed E-state index contributed by atoms with van der Waals surface area (Å²) in [7, 11) is 1.74. The largest absolute Gasteiger partial charge is 0.345 e. The first kappa shape index (κ1) is 14.1. The third kappa shape index (κ3) is 3.08. The fourth-order valence-corrected chi connectivity index (χ4v) is 3.00. The summed E-state index contributed by atoms with van der Waals surface area (Å²) in [6.45, 7) is 2.72. The molecule has 0 atom stereocenters. The Morgan fingerprint density at radius 1 is 1.24 bits per heavy atom. The Balaban J connectivity index is 1.81. The molecule has 1 aromatic carbocycles. The SMILES string of the molecule is Cn1nc(C2CCNCC2)n(CCc2ccccc2)c1=O. The second kappa shape index (κ2) is 6.26. The van der Waals surface area contributed by atoms with E-state index in [4.69, 9.17) is 0 Å². The number of aromatic nitrogens is 3. The zero-order valence-corrected chi connectivity index (χ0v) is 12.5. The molecule has 3 rings (SSSR count). The van der Waals surface area contributed by atoms with Crippen LogP contribution in [0.2, 0.25) is 0 Å². The Kier molecular flexibility index (Phi) is 4.20. The van der Waals surface area contributed by atoms with Gasteiger partial charge in [0.25, 0.3) is 0 Å². The summed E-state index contributed by atoms with van der Waals surface area (Å²) in [5.41, 5.74) is 1.25. The number of hydrogen-bond donors (Lipinski definition) is 1. The van der Waals surface area contributed by atoms with Crippen LogP contribution in [0.1, 0.15) is 30.1 Å². The Morgan fingerprint density at radius 3 is 2.67 bits per heavy atom. The highest BCUT2D eigenvalue weighted by molar-refractivity contribution is 5.14. The standard InChI is InChI=1S/C16H22N4O/c1-19-16(21)20(12-9-13-5-3-2-4-6-13)15(18-19)14-7-10-17-11-8-14/h2-6,14,17H,7-12H2,1H3. The van der Waals surface area contributed by atoms with E-state index in [9.17, 15) is 4.79 Å². The first-order chi connectivity index (χ1) is 10.3.